The third-order valence-electron chi connectivity index (χ3n) is 6.92. The third-order valence-corrected chi connectivity index (χ3v) is 6.92. The van der Waals surface area contributed by atoms with Gasteiger partial charge in [0.25, 0.3) is 0 Å². The summed E-state index contributed by atoms with van der Waals surface area (Å²) in [5, 5.41) is 8.83. The molecule has 6 rings (SSSR count). The number of terminal acetylenes is 1. The number of methoxy groups -OCH3 is 1. The molecule has 0 bridgehead atoms. The van der Waals surface area contributed by atoms with Gasteiger partial charge in [0.05, 0.1) is 36.3 Å². The number of hydrogen-bond acceptors (Lipinski definition) is 6. The monoisotopic (exact) mass is 501 g/mol. The molecule has 0 fully saturated rings. The van der Waals surface area contributed by atoms with Crippen LogP contribution in [0.3, 0.4) is 0 Å². The number of rotatable bonds is 6. The Balaban J connectivity index is 1.25. The number of aromatic nitrogens is 6. The van der Waals surface area contributed by atoms with Crippen LogP contribution in [0.25, 0.3) is 33.3 Å². The standard InChI is InChI=1S/C30H27N7O/c1-4-22-16-34-37-20-25(26-17-33-35(2)19-26)13-27(30(22)37)24-6-7-28(31-15-24)23-9-11-36(12-10-23)18-21-5-8-29(38-3)32-14-21/h1,5-9,13-17,19-20H,10-12,18H2,2-3H3. The summed E-state index contributed by atoms with van der Waals surface area (Å²) in [7, 11) is 3.54. The predicted molar refractivity (Wildman–Crippen MR) is 147 cm³/mol. The van der Waals surface area contributed by atoms with Gasteiger partial charge in [0.2, 0.25) is 5.88 Å². The molecule has 0 radical (unpaired) electrons. The minimum atomic E-state index is 0.636. The fourth-order valence-electron chi connectivity index (χ4n) is 4.89. The molecule has 0 saturated heterocycles. The number of aryl methyl sites for hydroxylation is 1. The highest BCUT2D eigenvalue weighted by atomic mass is 16.5. The largest absolute Gasteiger partial charge is 0.481 e. The van der Waals surface area contributed by atoms with Crippen molar-refractivity contribution in [3.63, 3.8) is 0 Å². The zero-order valence-electron chi connectivity index (χ0n) is 21.4. The molecule has 0 N–H and O–H groups in total. The summed E-state index contributed by atoms with van der Waals surface area (Å²) in [6.07, 6.45) is 20.4. The second-order valence-electron chi connectivity index (χ2n) is 9.40. The molecular weight excluding hydrogens is 474 g/mol. The maximum absolute atomic E-state index is 5.80. The lowest BCUT2D eigenvalue weighted by molar-refractivity contribution is 0.293. The van der Waals surface area contributed by atoms with Crippen molar-refractivity contribution in [2.24, 2.45) is 7.05 Å². The zero-order chi connectivity index (χ0) is 26.1. The van der Waals surface area contributed by atoms with E-state index >= 15 is 0 Å². The van der Waals surface area contributed by atoms with Crippen LogP contribution in [0.1, 0.15) is 23.2 Å². The highest BCUT2D eigenvalue weighted by Crippen LogP contribution is 2.32. The van der Waals surface area contributed by atoms with Crippen LogP contribution in [0.4, 0.5) is 0 Å². The van der Waals surface area contributed by atoms with E-state index in [0.717, 1.165) is 65.1 Å². The molecule has 0 saturated carbocycles. The van der Waals surface area contributed by atoms with E-state index in [0.29, 0.717) is 5.88 Å². The molecule has 8 nitrogen and oxygen atoms in total. The summed E-state index contributed by atoms with van der Waals surface area (Å²) < 4.78 is 8.79. The number of nitrogens with zero attached hydrogens (tertiary/aromatic N) is 7. The molecule has 5 aromatic heterocycles. The highest BCUT2D eigenvalue weighted by molar-refractivity contribution is 5.87. The maximum atomic E-state index is 5.80. The number of hydrogen-bond donors (Lipinski definition) is 0. The molecule has 1 aliphatic heterocycles. The molecule has 0 spiro atoms. The highest BCUT2D eigenvalue weighted by Gasteiger charge is 2.17. The Labute approximate surface area is 221 Å². The Hall–Kier alpha value is -4.74. The summed E-state index contributed by atoms with van der Waals surface area (Å²) in [6, 6.07) is 10.3. The van der Waals surface area contributed by atoms with E-state index in [1.54, 1.807) is 18.0 Å². The lowest BCUT2D eigenvalue weighted by Crippen LogP contribution is -2.28. The topological polar surface area (TPSA) is 73.4 Å². The summed E-state index contributed by atoms with van der Waals surface area (Å²) in [6.45, 7) is 2.70. The van der Waals surface area contributed by atoms with E-state index < -0.39 is 0 Å². The van der Waals surface area contributed by atoms with Crippen LogP contribution in [0.2, 0.25) is 0 Å². The fraction of sp³-hybridized carbons (Fsp3) is 0.200. The quantitative estimate of drug-likeness (QED) is 0.320. The van der Waals surface area contributed by atoms with Crippen molar-refractivity contribution in [3.8, 4) is 40.5 Å². The minimum absolute atomic E-state index is 0.636. The van der Waals surface area contributed by atoms with Gasteiger partial charge in [-0.05, 0) is 29.7 Å². The van der Waals surface area contributed by atoms with Crippen molar-refractivity contribution in [1.82, 2.24) is 34.3 Å². The van der Waals surface area contributed by atoms with E-state index in [-0.39, 0.29) is 0 Å². The SMILES string of the molecule is C#Cc1cnn2cc(-c3cnn(C)c3)cc(-c3ccc(C4=CCN(Cc5ccc(OC)nc5)CC4)nc3)c12. The van der Waals surface area contributed by atoms with Gasteiger partial charge in [-0.15, -0.1) is 6.42 Å². The van der Waals surface area contributed by atoms with Gasteiger partial charge in [-0.1, -0.05) is 24.1 Å². The first-order valence-corrected chi connectivity index (χ1v) is 12.5. The fourth-order valence-corrected chi connectivity index (χ4v) is 4.89. The molecule has 0 unspecified atom stereocenters. The second-order valence-corrected chi connectivity index (χ2v) is 9.40. The number of pyridine rings is 3. The average molecular weight is 502 g/mol. The van der Waals surface area contributed by atoms with Crippen molar-refractivity contribution in [3.05, 3.63) is 90.4 Å². The minimum Gasteiger partial charge on any atom is -0.481 e. The molecule has 5 aromatic rings. The first-order valence-electron chi connectivity index (χ1n) is 12.5. The lowest BCUT2D eigenvalue weighted by atomic mass is 9.99. The van der Waals surface area contributed by atoms with Gasteiger partial charge in [0, 0.05) is 79.8 Å². The third kappa shape index (κ3) is 4.56. The molecule has 0 atom stereocenters. The van der Waals surface area contributed by atoms with Gasteiger partial charge in [-0.25, -0.2) is 9.50 Å². The smallest absolute Gasteiger partial charge is 0.212 e. The molecule has 1 aliphatic rings. The Kier molecular flexibility index (Phi) is 6.20. The molecule has 6 heterocycles. The number of fused-ring (bicyclic) bond motifs is 1. The average Bonchev–Trinajstić information content (AvgIpc) is 3.59. The molecule has 0 aromatic carbocycles. The van der Waals surface area contributed by atoms with Gasteiger partial charge < -0.3 is 4.74 Å². The Morgan fingerprint density at radius 2 is 1.89 bits per heavy atom. The summed E-state index contributed by atoms with van der Waals surface area (Å²) in [4.78, 5) is 11.6. The lowest BCUT2D eigenvalue weighted by Gasteiger charge is -2.26. The van der Waals surface area contributed by atoms with Crippen molar-refractivity contribution in [2.75, 3.05) is 20.2 Å². The van der Waals surface area contributed by atoms with E-state index in [1.807, 2.05) is 48.6 Å². The molecule has 38 heavy (non-hydrogen) atoms. The van der Waals surface area contributed by atoms with Crippen molar-refractivity contribution < 1.29 is 4.74 Å². The van der Waals surface area contributed by atoms with E-state index in [2.05, 4.69) is 56.3 Å². The van der Waals surface area contributed by atoms with E-state index in [9.17, 15) is 0 Å². The molecule has 188 valence electrons. The Bertz CT molecular complexity index is 1670. The van der Waals surface area contributed by atoms with Crippen LogP contribution < -0.4 is 4.74 Å². The van der Waals surface area contributed by atoms with Gasteiger partial charge in [-0.2, -0.15) is 10.2 Å². The summed E-state index contributed by atoms with van der Waals surface area (Å²) in [5.41, 5.74) is 9.11. The van der Waals surface area contributed by atoms with Crippen LogP contribution >= 0.6 is 0 Å². The summed E-state index contributed by atoms with van der Waals surface area (Å²) >= 11 is 0. The molecule has 0 amide bonds. The van der Waals surface area contributed by atoms with Crippen molar-refractivity contribution in [1.29, 1.82) is 0 Å². The van der Waals surface area contributed by atoms with Crippen LogP contribution in [-0.4, -0.2) is 54.5 Å². The maximum Gasteiger partial charge on any atom is 0.212 e. The molecule has 8 heteroatoms. The molecule has 0 aliphatic carbocycles. The zero-order valence-corrected chi connectivity index (χ0v) is 21.4. The van der Waals surface area contributed by atoms with Crippen LogP contribution in [0, 0.1) is 12.3 Å². The van der Waals surface area contributed by atoms with Crippen LogP contribution in [0.15, 0.2) is 73.6 Å². The second kappa shape index (κ2) is 9.96. The first kappa shape index (κ1) is 23.6. The van der Waals surface area contributed by atoms with Crippen LogP contribution in [0.5, 0.6) is 5.88 Å². The first-order chi connectivity index (χ1) is 18.6. The van der Waals surface area contributed by atoms with Crippen molar-refractivity contribution in [2.45, 2.75) is 13.0 Å². The normalized spacial score (nSPS) is 13.9. The summed E-state index contributed by atoms with van der Waals surface area (Å²) in [5.74, 6) is 3.41. The van der Waals surface area contributed by atoms with E-state index in [1.165, 1.54) is 11.1 Å². The van der Waals surface area contributed by atoms with Crippen LogP contribution in [-0.2, 0) is 13.6 Å². The van der Waals surface area contributed by atoms with Gasteiger partial charge >= 0.3 is 0 Å². The van der Waals surface area contributed by atoms with Crippen molar-refractivity contribution >= 4 is 11.1 Å². The predicted octanol–water partition coefficient (Wildman–Crippen LogP) is 4.47. The Morgan fingerprint density at radius 1 is 0.974 bits per heavy atom. The van der Waals surface area contributed by atoms with Gasteiger partial charge in [0.15, 0.2) is 0 Å². The number of ether oxygens (including phenoxy) is 1. The molecular formula is C30H27N7O. The Morgan fingerprint density at radius 3 is 2.55 bits per heavy atom. The van der Waals surface area contributed by atoms with Gasteiger partial charge in [0.1, 0.15) is 0 Å². The van der Waals surface area contributed by atoms with Gasteiger partial charge in [-0.3, -0.25) is 14.6 Å². The van der Waals surface area contributed by atoms with E-state index in [4.69, 9.17) is 16.1 Å².